The lowest BCUT2D eigenvalue weighted by atomic mass is 10.1. The zero-order valence-electron chi connectivity index (χ0n) is 14.8. The Balaban J connectivity index is 1.49. The molecule has 0 bridgehead atoms. The van der Waals surface area contributed by atoms with Gasteiger partial charge in [0.2, 0.25) is 5.13 Å². The average molecular weight is 366 g/mol. The van der Waals surface area contributed by atoms with Crippen LogP contribution in [0.2, 0.25) is 0 Å². The highest BCUT2D eigenvalue weighted by atomic mass is 32.1. The van der Waals surface area contributed by atoms with E-state index in [0.29, 0.717) is 6.04 Å². The molecular formula is C19H22N6S. The van der Waals surface area contributed by atoms with Gasteiger partial charge in [0.05, 0.1) is 24.1 Å². The zero-order chi connectivity index (χ0) is 17.8. The highest BCUT2D eigenvalue weighted by Gasteiger charge is 2.27. The van der Waals surface area contributed by atoms with Crippen LogP contribution < -0.4 is 5.32 Å². The predicted molar refractivity (Wildman–Crippen MR) is 103 cm³/mol. The second-order valence-electron chi connectivity index (χ2n) is 6.42. The molecule has 0 aliphatic carbocycles. The van der Waals surface area contributed by atoms with Crippen LogP contribution in [-0.4, -0.2) is 31.6 Å². The number of hydrogen-bond acceptors (Lipinski definition) is 7. The van der Waals surface area contributed by atoms with Crippen molar-refractivity contribution < 1.29 is 0 Å². The molecule has 2 aromatic heterocycles. The molecule has 1 saturated heterocycles. The number of anilines is 2. The first-order valence-corrected chi connectivity index (χ1v) is 9.83. The second kappa shape index (κ2) is 7.88. The van der Waals surface area contributed by atoms with E-state index in [9.17, 15) is 0 Å². The summed E-state index contributed by atoms with van der Waals surface area (Å²) < 4.78 is 0. The summed E-state index contributed by atoms with van der Waals surface area (Å²) >= 11 is 1.56. The number of nitrogens with zero attached hydrogens (tertiary/aromatic N) is 5. The summed E-state index contributed by atoms with van der Waals surface area (Å²) in [4.78, 5) is 11.7. The smallest absolute Gasteiger partial charge is 0.211 e. The number of aromatic nitrogens is 4. The Hall–Kier alpha value is -2.38. The van der Waals surface area contributed by atoms with Crippen LogP contribution in [0.3, 0.4) is 0 Å². The standard InChI is InChI=1S/C19H22N6S/c1-2-18-23-24-19(26-18)22-17-12-20-11-15(21-17)16-9-6-10-25(16)13-14-7-4-3-5-8-14/h3-5,7-8,11-12,16H,2,6,9-10,13H2,1H3,(H,21,22,24)/t16-/m1/s1. The van der Waals surface area contributed by atoms with Crippen molar-refractivity contribution in [2.75, 3.05) is 11.9 Å². The molecule has 6 nitrogen and oxygen atoms in total. The maximum absolute atomic E-state index is 4.80. The van der Waals surface area contributed by atoms with Crippen LogP contribution in [0.25, 0.3) is 0 Å². The fourth-order valence-corrected chi connectivity index (χ4v) is 4.01. The van der Waals surface area contributed by atoms with E-state index in [1.54, 1.807) is 17.5 Å². The third kappa shape index (κ3) is 3.89. The van der Waals surface area contributed by atoms with Crippen molar-refractivity contribution in [2.24, 2.45) is 0 Å². The topological polar surface area (TPSA) is 66.8 Å². The average Bonchev–Trinajstić information content (AvgIpc) is 3.32. The van der Waals surface area contributed by atoms with Gasteiger partial charge in [-0.05, 0) is 31.4 Å². The van der Waals surface area contributed by atoms with Gasteiger partial charge in [-0.25, -0.2) is 4.98 Å². The van der Waals surface area contributed by atoms with Gasteiger partial charge >= 0.3 is 0 Å². The monoisotopic (exact) mass is 366 g/mol. The second-order valence-corrected chi connectivity index (χ2v) is 7.48. The molecule has 0 radical (unpaired) electrons. The number of likely N-dealkylation sites (tertiary alicyclic amines) is 1. The Labute approximate surface area is 157 Å². The van der Waals surface area contributed by atoms with Crippen molar-refractivity contribution in [1.29, 1.82) is 0 Å². The lowest BCUT2D eigenvalue weighted by Gasteiger charge is -2.24. The molecule has 1 aromatic carbocycles. The van der Waals surface area contributed by atoms with E-state index in [-0.39, 0.29) is 0 Å². The van der Waals surface area contributed by atoms with E-state index in [1.807, 2.05) is 6.20 Å². The molecule has 4 rings (SSSR count). The third-order valence-electron chi connectivity index (χ3n) is 4.59. The maximum atomic E-state index is 4.80. The quantitative estimate of drug-likeness (QED) is 0.712. The lowest BCUT2D eigenvalue weighted by Crippen LogP contribution is -2.23. The van der Waals surface area contributed by atoms with Gasteiger partial charge in [-0.1, -0.05) is 48.6 Å². The van der Waals surface area contributed by atoms with Gasteiger partial charge in [0, 0.05) is 6.54 Å². The minimum absolute atomic E-state index is 0.310. The Morgan fingerprint density at radius 2 is 2.08 bits per heavy atom. The summed E-state index contributed by atoms with van der Waals surface area (Å²) in [7, 11) is 0. The first-order chi connectivity index (χ1) is 12.8. The van der Waals surface area contributed by atoms with E-state index < -0.39 is 0 Å². The Morgan fingerprint density at radius 3 is 2.88 bits per heavy atom. The Kier molecular flexibility index (Phi) is 5.17. The number of nitrogens with one attached hydrogen (secondary N) is 1. The van der Waals surface area contributed by atoms with Gasteiger partial charge in [0.1, 0.15) is 5.01 Å². The largest absolute Gasteiger partial charge is 0.313 e. The molecule has 3 heterocycles. The van der Waals surface area contributed by atoms with Crippen molar-refractivity contribution in [3.63, 3.8) is 0 Å². The molecule has 26 heavy (non-hydrogen) atoms. The fraction of sp³-hybridized carbons (Fsp3) is 0.368. The van der Waals surface area contributed by atoms with Crippen molar-refractivity contribution >= 4 is 22.3 Å². The molecule has 0 saturated carbocycles. The Bertz CT molecular complexity index is 850. The summed E-state index contributed by atoms with van der Waals surface area (Å²) in [6, 6.07) is 10.9. The van der Waals surface area contributed by atoms with Gasteiger partial charge in [-0.3, -0.25) is 9.88 Å². The van der Waals surface area contributed by atoms with Gasteiger partial charge in [0.15, 0.2) is 5.82 Å². The van der Waals surface area contributed by atoms with Crippen LogP contribution in [0.1, 0.15) is 42.1 Å². The van der Waals surface area contributed by atoms with E-state index in [0.717, 1.165) is 47.6 Å². The van der Waals surface area contributed by atoms with Crippen LogP contribution in [0.5, 0.6) is 0 Å². The first kappa shape index (κ1) is 17.1. The lowest BCUT2D eigenvalue weighted by molar-refractivity contribution is 0.244. The van der Waals surface area contributed by atoms with Gasteiger partial charge in [-0.15, -0.1) is 10.2 Å². The number of rotatable bonds is 6. The molecule has 1 aliphatic heterocycles. The fourth-order valence-electron chi connectivity index (χ4n) is 3.33. The van der Waals surface area contributed by atoms with Crippen molar-refractivity contribution in [2.45, 2.75) is 38.8 Å². The first-order valence-electron chi connectivity index (χ1n) is 9.01. The van der Waals surface area contributed by atoms with E-state index in [4.69, 9.17) is 4.98 Å². The molecule has 3 aromatic rings. The van der Waals surface area contributed by atoms with Crippen LogP contribution in [0, 0.1) is 0 Å². The Morgan fingerprint density at radius 1 is 1.19 bits per heavy atom. The highest BCUT2D eigenvalue weighted by molar-refractivity contribution is 7.15. The van der Waals surface area contributed by atoms with Crippen LogP contribution in [0.4, 0.5) is 10.9 Å². The molecule has 7 heteroatoms. The van der Waals surface area contributed by atoms with Gasteiger partial charge in [0.25, 0.3) is 0 Å². The molecule has 1 aliphatic rings. The van der Waals surface area contributed by atoms with E-state index >= 15 is 0 Å². The molecule has 1 fully saturated rings. The van der Waals surface area contributed by atoms with Crippen LogP contribution in [-0.2, 0) is 13.0 Å². The van der Waals surface area contributed by atoms with E-state index in [2.05, 4.69) is 62.7 Å². The summed E-state index contributed by atoms with van der Waals surface area (Å²) in [5, 5.41) is 13.3. The summed E-state index contributed by atoms with van der Waals surface area (Å²) in [5.41, 5.74) is 2.35. The number of hydrogen-bond donors (Lipinski definition) is 1. The predicted octanol–water partition coefficient (Wildman–Crippen LogP) is 3.97. The summed E-state index contributed by atoms with van der Waals surface area (Å²) in [5.74, 6) is 0.730. The minimum atomic E-state index is 0.310. The van der Waals surface area contributed by atoms with Crippen molar-refractivity contribution in [1.82, 2.24) is 25.1 Å². The van der Waals surface area contributed by atoms with Crippen molar-refractivity contribution in [3.8, 4) is 0 Å². The molecule has 0 spiro atoms. The molecule has 1 atom stereocenters. The number of aryl methyl sites for hydroxylation is 1. The zero-order valence-corrected chi connectivity index (χ0v) is 15.6. The minimum Gasteiger partial charge on any atom is -0.313 e. The third-order valence-corrected chi connectivity index (χ3v) is 5.57. The summed E-state index contributed by atoms with van der Waals surface area (Å²) in [6.07, 6.45) is 6.82. The SMILES string of the molecule is CCc1nnc(Nc2cncc([C@H]3CCCN3Cc3ccccc3)n2)s1. The molecule has 1 N–H and O–H groups in total. The molecular weight excluding hydrogens is 344 g/mol. The molecule has 0 unspecified atom stereocenters. The van der Waals surface area contributed by atoms with Gasteiger partial charge < -0.3 is 5.32 Å². The van der Waals surface area contributed by atoms with E-state index in [1.165, 1.54) is 12.0 Å². The van der Waals surface area contributed by atoms with Crippen LogP contribution >= 0.6 is 11.3 Å². The highest BCUT2D eigenvalue weighted by Crippen LogP contribution is 2.32. The molecule has 0 amide bonds. The van der Waals surface area contributed by atoms with Crippen LogP contribution in [0.15, 0.2) is 42.7 Å². The number of benzene rings is 1. The molecule has 134 valence electrons. The summed E-state index contributed by atoms with van der Waals surface area (Å²) in [6.45, 7) is 4.11. The maximum Gasteiger partial charge on any atom is 0.211 e. The van der Waals surface area contributed by atoms with Crippen molar-refractivity contribution in [3.05, 3.63) is 59.0 Å². The normalized spacial score (nSPS) is 17.5. The van der Waals surface area contributed by atoms with Gasteiger partial charge in [-0.2, -0.15) is 0 Å².